The van der Waals surface area contributed by atoms with E-state index in [2.05, 4.69) is 116 Å². The van der Waals surface area contributed by atoms with Gasteiger partial charge in [0.15, 0.2) is 7.14 Å². The van der Waals surface area contributed by atoms with Crippen molar-refractivity contribution in [3.05, 3.63) is 139 Å². The highest BCUT2D eigenvalue weighted by Gasteiger charge is 2.19. The van der Waals surface area contributed by atoms with E-state index in [0.29, 0.717) is 0 Å². The van der Waals surface area contributed by atoms with Gasteiger partial charge in [0, 0.05) is 5.92 Å². The molecule has 0 saturated carbocycles. The summed E-state index contributed by atoms with van der Waals surface area (Å²) in [5.74, 6) is 0.277. The molecule has 0 aliphatic carbocycles. The van der Waals surface area contributed by atoms with Gasteiger partial charge in [-0.15, -0.1) is 0 Å². The lowest BCUT2D eigenvalue weighted by molar-refractivity contribution is -0.597. The van der Waals surface area contributed by atoms with E-state index in [0.717, 1.165) is 0 Å². The van der Waals surface area contributed by atoms with Crippen LogP contribution in [0.15, 0.2) is 109 Å². The van der Waals surface area contributed by atoms with Crippen molar-refractivity contribution in [2.24, 2.45) is 0 Å². The van der Waals surface area contributed by atoms with Gasteiger partial charge < -0.3 is 0 Å². The van der Waals surface area contributed by atoms with E-state index in [4.69, 9.17) is 0 Å². The highest BCUT2D eigenvalue weighted by molar-refractivity contribution is 5.42. The number of halogens is 1. The molecule has 0 amide bonds. The molecule has 0 N–H and O–H groups in total. The minimum atomic E-state index is -0.127. The summed E-state index contributed by atoms with van der Waals surface area (Å²) in [6, 6.07) is 39.8. The summed E-state index contributed by atoms with van der Waals surface area (Å²) in [5, 5.41) is 0. The van der Waals surface area contributed by atoms with Crippen LogP contribution in [0.2, 0.25) is 0 Å². The molecule has 0 saturated heterocycles. The average Bonchev–Trinajstić information content (AvgIpc) is 2.73. The molecule has 0 atom stereocenters. The third-order valence-corrected chi connectivity index (χ3v) is 7.38. The predicted molar refractivity (Wildman–Crippen MR) is 109 cm³/mol. The van der Waals surface area contributed by atoms with Gasteiger partial charge in [0.1, 0.15) is 0 Å². The fourth-order valence-corrected chi connectivity index (χ4v) is 5.47. The van der Waals surface area contributed by atoms with Gasteiger partial charge in [0.25, 0.3) is 0 Å². The second-order valence-corrected chi connectivity index (χ2v) is 9.73. The fraction of sp³-hybridized carbons (Fsp3) is 0.0769. The lowest BCUT2D eigenvalue weighted by Gasteiger charge is -2.18. The number of rotatable bonds is 5. The van der Waals surface area contributed by atoms with Crippen molar-refractivity contribution in [3.63, 3.8) is 0 Å². The zero-order valence-electron chi connectivity index (χ0n) is 15.3. The maximum atomic E-state index is 2.32. The standard InChI is InChI=1S/C26H22I/c1-20-12-16-24(17-13-20)27-25-18-14-23(15-19-25)26(21-8-4-2-5-9-21)22-10-6-3-7-11-22/h2-19,26H,1H3/q+1. The SMILES string of the molecule is Cc1ccc([I+]c2ccc(C(c3ccccc3)c3ccccc3)cc2)cc1. The predicted octanol–water partition coefficient (Wildman–Crippen LogP) is 3.30. The van der Waals surface area contributed by atoms with Gasteiger partial charge >= 0.3 is 21.2 Å². The molecule has 4 rings (SSSR count). The Morgan fingerprint density at radius 1 is 0.481 bits per heavy atom. The fourth-order valence-electron chi connectivity index (χ4n) is 3.31. The maximum Gasteiger partial charge on any atom is 0.357 e. The Morgan fingerprint density at radius 3 is 1.37 bits per heavy atom. The molecule has 0 aliphatic heterocycles. The van der Waals surface area contributed by atoms with Crippen molar-refractivity contribution in [2.75, 3.05) is 0 Å². The Hall–Kier alpha value is -2.39. The van der Waals surface area contributed by atoms with Crippen LogP contribution in [0.4, 0.5) is 0 Å². The zero-order chi connectivity index (χ0) is 18.5. The summed E-state index contributed by atoms with van der Waals surface area (Å²) in [5.41, 5.74) is 5.35. The lowest BCUT2D eigenvalue weighted by Crippen LogP contribution is -3.61. The first-order chi connectivity index (χ1) is 13.3. The Kier molecular flexibility index (Phi) is 5.69. The van der Waals surface area contributed by atoms with Gasteiger partial charge in [-0.1, -0.05) is 90.5 Å². The monoisotopic (exact) mass is 461 g/mol. The summed E-state index contributed by atoms with van der Waals surface area (Å²) in [7, 11) is 0. The number of hydrogen-bond donors (Lipinski definition) is 0. The van der Waals surface area contributed by atoms with E-state index in [-0.39, 0.29) is 27.1 Å². The molecular weight excluding hydrogens is 439 g/mol. The third kappa shape index (κ3) is 4.48. The maximum absolute atomic E-state index is 2.32. The van der Waals surface area contributed by atoms with E-state index in [1.54, 1.807) is 0 Å². The first kappa shape index (κ1) is 18.0. The van der Waals surface area contributed by atoms with Crippen LogP contribution in [0, 0.1) is 14.1 Å². The van der Waals surface area contributed by atoms with Crippen molar-refractivity contribution in [1.29, 1.82) is 0 Å². The van der Waals surface area contributed by atoms with E-state index in [1.807, 2.05) is 0 Å². The Labute approximate surface area is 172 Å². The largest absolute Gasteiger partial charge is 0.357 e. The molecule has 1 heteroatoms. The van der Waals surface area contributed by atoms with Crippen LogP contribution in [0.1, 0.15) is 28.2 Å². The van der Waals surface area contributed by atoms with Crippen molar-refractivity contribution in [3.8, 4) is 0 Å². The van der Waals surface area contributed by atoms with E-state index in [9.17, 15) is 0 Å². The molecule has 4 aromatic carbocycles. The van der Waals surface area contributed by atoms with Crippen LogP contribution < -0.4 is 21.2 Å². The molecule has 0 spiro atoms. The molecule has 0 unspecified atom stereocenters. The highest BCUT2D eigenvalue weighted by atomic mass is 127. The minimum Gasteiger partial charge on any atom is -0.0622 e. The summed E-state index contributed by atoms with van der Waals surface area (Å²) < 4.78 is 2.93. The number of aryl methyl sites for hydroxylation is 1. The Bertz CT molecular complexity index is 932. The summed E-state index contributed by atoms with van der Waals surface area (Å²) in [4.78, 5) is 0. The summed E-state index contributed by atoms with van der Waals surface area (Å²) in [6.45, 7) is 2.14. The highest BCUT2D eigenvalue weighted by Crippen LogP contribution is 2.31. The number of hydrogen-bond acceptors (Lipinski definition) is 0. The van der Waals surface area contributed by atoms with E-state index >= 15 is 0 Å². The van der Waals surface area contributed by atoms with Crippen molar-refractivity contribution in [1.82, 2.24) is 0 Å². The number of benzene rings is 4. The summed E-state index contributed by atoms with van der Waals surface area (Å²) >= 11 is -0.127. The van der Waals surface area contributed by atoms with Crippen LogP contribution in [0.25, 0.3) is 0 Å². The second-order valence-electron chi connectivity index (χ2n) is 6.70. The third-order valence-electron chi connectivity index (χ3n) is 4.70. The lowest BCUT2D eigenvalue weighted by atomic mass is 9.85. The first-order valence-corrected chi connectivity index (χ1v) is 11.4. The smallest absolute Gasteiger partial charge is 0.0622 e. The molecular formula is C26H22I+. The molecule has 0 fully saturated rings. The van der Waals surface area contributed by atoms with Gasteiger partial charge in [-0.05, 0) is 47.9 Å². The molecule has 4 aromatic rings. The topological polar surface area (TPSA) is 0 Å². The molecule has 0 nitrogen and oxygen atoms in total. The zero-order valence-corrected chi connectivity index (χ0v) is 17.5. The quantitative estimate of drug-likeness (QED) is 0.316. The van der Waals surface area contributed by atoms with E-state index in [1.165, 1.54) is 29.4 Å². The molecule has 0 bridgehead atoms. The van der Waals surface area contributed by atoms with Crippen molar-refractivity contribution in [2.45, 2.75) is 12.8 Å². The molecule has 132 valence electrons. The second kappa shape index (κ2) is 8.53. The Morgan fingerprint density at radius 2 is 0.889 bits per heavy atom. The molecule has 0 aliphatic rings. The van der Waals surface area contributed by atoms with Gasteiger partial charge in [0.05, 0.1) is 0 Å². The summed E-state index contributed by atoms with van der Waals surface area (Å²) in [6.07, 6.45) is 0. The van der Waals surface area contributed by atoms with Crippen molar-refractivity contribution < 1.29 is 21.2 Å². The average molecular weight is 461 g/mol. The molecule has 0 heterocycles. The van der Waals surface area contributed by atoms with E-state index < -0.39 is 0 Å². The van der Waals surface area contributed by atoms with Gasteiger partial charge in [-0.2, -0.15) is 0 Å². The Balaban J connectivity index is 1.64. The van der Waals surface area contributed by atoms with Crippen LogP contribution in [0.3, 0.4) is 0 Å². The molecule has 27 heavy (non-hydrogen) atoms. The van der Waals surface area contributed by atoms with Gasteiger partial charge in [0.2, 0.25) is 0 Å². The van der Waals surface area contributed by atoms with Crippen LogP contribution >= 0.6 is 0 Å². The minimum absolute atomic E-state index is 0.127. The van der Waals surface area contributed by atoms with Crippen LogP contribution in [0.5, 0.6) is 0 Å². The van der Waals surface area contributed by atoms with Crippen LogP contribution in [-0.2, 0) is 0 Å². The first-order valence-electron chi connectivity index (χ1n) is 9.21. The van der Waals surface area contributed by atoms with Gasteiger partial charge in [-0.3, -0.25) is 0 Å². The molecule has 0 aromatic heterocycles. The van der Waals surface area contributed by atoms with Crippen molar-refractivity contribution >= 4 is 0 Å². The van der Waals surface area contributed by atoms with Crippen LogP contribution in [-0.4, -0.2) is 0 Å². The normalized spacial score (nSPS) is 10.9. The molecule has 0 radical (unpaired) electrons. The van der Waals surface area contributed by atoms with Gasteiger partial charge in [-0.25, -0.2) is 0 Å².